The molecule has 0 radical (unpaired) electrons. The van der Waals surface area contributed by atoms with Crippen molar-refractivity contribution in [2.45, 2.75) is 0 Å². The molecule has 0 spiro atoms. The lowest BCUT2D eigenvalue weighted by Gasteiger charge is -1.92. The maximum Gasteiger partial charge on any atom is 0.146 e. The van der Waals surface area contributed by atoms with Gasteiger partial charge in [0.1, 0.15) is 11.6 Å². The lowest BCUT2D eigenvalue weighted by Crippen LogP contribution is -1.95. The molecule has 6 nitrogen and oxygen atoms in total. The normalized spacial score (nSPS) is 9.00. The van der Waals surface area contributed by atoms with Gasteiger partial charge in [-0.1, -0.05) is 0 Å². The van der Waals surface area contributed by atoms with Crippen LogP contribution in [0.2, 0.25) is 0 Å². The SMILES string of the molecule is Nc1cccnc1N.Nc1cccnc1N. The van der Waals surface area contributed by atoms with Crippen LogP contribution in [-0.2, 0) is 0 Å². The fourth-order valence-corrected chi connectivity index (χ4v) is 0.860. The van der Waals surface area contributed by atoms with Crippen molar-refractivity contribution < 1.29 is 0 Å². The highest BCUT2D eigenvalue weighted by molar-refractivity contribution is 5.57. The number of anilines is 4. The second-order valence-corrected chi connectivity index (χ2v) is 2.96. The maximum absolute atomic E-state index is 5.33. The van der Waals surface area contributed by atoms with Gasteiger partial charge in [-0.3, -0.25) is 0 Å². The molecule has 0 atom stereocenters. The molecule has 16 heavy (non-hydrogen) atoms. The highest BCUT2D eigenvalue weighted by atomic mass is 14.9. The van der Waals surface area contributed by atoms with E-state index in [0.717, 1.165) is 0 Å². The molecule has 0 aliphatic heterocycles. The van der Waals surface area contributed by atoms with Crippen molar-refractivity contribution in [2.24, 2.45) is 0 Å². The number of pyridine rings is 2. The van der Waals surface area contributed by atoms with E-state index in [1.807, 2.05) is 0 Å². The van der Waals surface area contributed by atoms with Gasteiger partial charge in [0.2, 0.25) is 0 Å². The molecule has 2 aromatic heterocycles. The zero-order chi connectivity index (χ0) is 12.0. The predicted octanol–water partition coefficient (Wildman–Crippen LogP) is 0.492. The average molecular weight is 218 g/mol. The van der Waals surface area contributed by atoms with Crippen molar-refractivity contribution in [2.75, 3.05) is 22.9 Å². The van der Waals surface area contributed by atoms with Crippen molar-refractivity contribution >= 4 is 23.0 Å². The number of rotatable bonds is 0. The highest BCUT2D eigenvalue weighted by Crippen LogP contribution is 2.06. The van der Waals surface area contributed by atoms with Gasteiger partial charge in [-0.15, -0.1) is 0 Å². The minimum atomic E-state index is 0.396. The Kier molecular flexibility index (Phi) is 3.90. The van der Waals surface area contributed by atoms with Gasteiger partial charge >= 0.3 is 0 Å². The van der Waals surface area contributed by atoms with Gasteiger partial charge in [-0.25, -0.2) is 9.97 Å². The average Bonchev–Trinajstić information content (AvgIpc) is 2.28. The topological polar surface area (TPSA) is 130 Å². The van der Waals surface area contributed by atoms with Crippen LogP contribution in [0.3, 0.4) is 0 Å². The molecular weight excluding hydrogens is 204 g/mol. The highest BCUT2D eigenvalue weighted by Gasteiger charge is 1.87. The summed E-state index contributed by atoms with van der Waals surface area (Å²) < 4.78 is 0. The van der Waals surface area contributed by atoms with Crippen LogP contribution < -0.4 is 22.9 Å². The number of nitrogens with two attached hydrogens (primary N) is 4. The van der Waals surface area contributed by atoms with Crippen molar-refractivity contribution in [1.82, 2.24) is 9.97 Å². The smallest absolute Gasteiger partial charge is 0.146 e. The molecule has 84 valence electrons. The largest absolute Gasteiger partial charge is 0.396 e. The summed E-state index contributed by atoms with van der Waals surface area (Å²) in [7, 11) is 0. The van der Waals surface area contributed by atoms with Gasteiger partial charge in [0, 0.05) is 12.4 Å². The molecule has 2 aromatic rings. The third-order valence-corrected chi connectivity index (χ3v) is 1.74. The van der Waals surface area contributed by atoms with Crippen LogP contribution in [0.1, 0.15) is 0 Å². The van der Waals surface area contributed by atoms with Gasteiger partial charge in [-0.2, -0.15) is 0 Å². The van der Waals surface area contributed by atoms with E-state index in [0.29, 0.717) is 23.0 Å². The maximum atomic E-state index is 5.33. The van der Waals surface area contributed by atoms with E-state index in [9.17, 15) is 0 Å². The molecule has 0 fully saturated rings. The van der Waals surface area contributed by atoms with Crippen molar-refractivity contribution in [3.05, 3.63) is 36.7 Å². The van der Waals surface area contributed by atoms with E-state index in [-0.39, 0.29) is 0 Å². The molecule has 0 aliphatic carbocycles. The van der Waals surface area contributed by atoms with E-state index in [4.69, 9.17) is 22.9 Å². The Hall–Kier alpha value is -2.50. The predicted molar refractivity (Wildman–Crippen MR) is 66.1 cm³/mol. The summed E-state index contributed by atoms with van der Waals surface area (Å²) >= 11 is 0. The number of aromatic nitrogens is 2. The second-order valence-electron chi connectivity index (χ2n) is 2.96. The number of nitrogen functional groups attached to an aromatic ring is 4. The first kappa shape index (κ1) is 11.6. The Morgan fingerprint density at radius 2 is 1.06 bits per heavy atom. The Morgan fingerprint density at radius 1 is 0.688 bits per heavy atom. The molecule has 0 aliphatic rings. The summed E-state index contributed by atoms with van der Waals surface area (Å²) in [6, 6.07) is 6.90. The third kappa shape index (κ3) is 3.33. The molecule has 2 rings (SSSR count). The van der Waals surface area contributed by atoms with Crippen molar-refractivity contribution in [3.8, 4) is 0 Å². The van der Waals surface area contributed by atoms with Gasteiger partial charge in [0.15, 0.2) is 0 Å². The number of hydrogen-bond acceptors (Lipinski definition) is 6. The molecule has 8 N–H and O–H groups in total. The van der Waals surface area contributed by atoms with Gasteiger partial charge in [-0.05, 0) is 24.3 Å². The van der Waals surface area contributed by atoms with E-state index in [2.05, 4.69) is 9.97 Å². The summed E-state index contributed by atoms with van der Waals surface area (Å²) in [5.41, 5.74) is 22.3. The van der Waals surface area contributed by atoms with Gasteiger partial charge in [0.05, 0.1) is 11.4 Å². The van der Waals surface area contributed by atoms with Crippen LogP contribution in [0.5, 0.6) is 0 Å². The lowest BCUT2D eigenvalue weighted by molar-refractivity contribution is 1.34. The molecule has 6 heteroatoms. The van der Waals surface area contributed by atoms with Crippen LogP contribution in [-0.4, -0.2) is 9.97 Å². The van der Waals surface area contributed by atoms with Crippen LogP contribution >= 0.6 is 0 Å². The Bertz CT molecular complexity index is 371. The Balaban J connectivity index is 0.000000160. The fourth-order valence-electron chi connectivity index (χ4n) is 0.860. The second kappa shape index (κ2) is 5.40. The minimum absolute atomic E-state index is 0.396. The van der Waals surface area contributed by atoms with Crippen LogP contribution in [0.4, 0.5) is 23.0 Å². The molecular formula is C10H14N6. The van der Waals surface area contributed by atoms with Crippen molar-refractivity contribution in [3.63, 3.8) is 0 Å². The third-order valence-electron chi connectivity index (χ3n) is 1.74. The Labute approximate surface area is 93.3 Å². The molecule has 0 saturated heterocycles. The Morgan fingerprint density at radius 3 is 1.25 bits per heavy atom. The zero-order valence-electron chi connectivity index (χ0n) is 8.67. The standard InChI is InChI=1S/2C5H7N3/c2*6-4-2-1-3-8-5(4)7/h2*1-3H,6H2,(H2,7,8). The number of hydrogen-bond donors (Lipinski definition) is 4. The minimum Gasteiger partial charge on any atom is -0.396 e. The quantitative estimate of drug-likeness (QED) is 0.509. The molecule has 0 unspecified atom stereocenters. The fraction of sp³-hybridized carbons (Fsp3) is 0. The molecule has 2 heterocycles. The monoisotopic (exact) mass is 218 g/mol. The molecule has 0 saturated carbocycles. The van der Waals surface area contributed by atoms with Crippen LogP contribution in [0, 0.1) is 0 Å². The van der Waals surface area contributed by atoms with Gasteiger partial charge in [0.25, 0.3) is 0 Å². The first-order valence-corrected chi connectivity index (χ1v) is 4.53. The van der Waals surface area contributed by atoms with E-state index in [1.165, 1.54) is 0 Å². The first-order chi connectivity index (χ1) is 7.61. The van der Waals surface area contributed by atoms with Crippen molar-refractivity contribution in [1.29, 1.82) is 0 Å². The number of nitrogens with zero attached hydrogens (tertiary/aromatic N) is 2. The molecule has 0 bridgehead atoms. The lowest BCUT2D eigenvalue weighted by atomic mass is 10.4. The summed E-state index contributed by atoms with van der Waals surface area (Å²) in [6.07, 6.45) is 3.21. The van der Waals surface area contributed by atoms with E-state index < -0.39 is 0 Å². The zero-order valence-corrected chi connectivity index (χ0v) is 8.67. The molecule has 0 aromatic carbocycles. The summed E-state index contributed by atoms with van der Waals surface area (Å²) in [5, 5.41) is 0. The van der Waals surface area contributed by atoms with E-state index in [1.54, 1.807) is 36.7 Å². The van der Waals surface area contributed by atoms with Gasteiger partial charge < -0.3 is 22.9 Å². The first-order valence-electron chi connectivity index (χ1n) is 4.53. The van der Waals surface area contributed by atoms with Crippen LogP contribution in [0.15, 0.2) is 36.7 Å². The summed E-state index contributed by atoms with van der Waals surface area (Å²) in [5.74, 6) is 0.792. The molecule has 0 amide bonds. The van der Waals surface area contributed by atoms with E-state index >= 15 is 0 Å². The van der Waals surface area contributed by atoms with Crippen LogP contribution in [0.25, 0.3) is 0 Å². The summed E-state index contributed by atoms with van der Waals surface area (Å²) in [4.78, 5) is 7.46. The summed E-state index contributed by atoms with van der Waals surface area (Å²) in [6.45, 7) is 0.